The first-order valence-electron chi connectivity index (χ1n) is 5.41. The molecule has 2 heterocycles. The van der Waals surface area contributed by atoms with Crippen molar-refractivity contribution < 1.29 is 9.05 Å². The van der Waals surface area contributed by atoms with Gasteiger partial charge in [-0.3, -0.25) is 4.84 Å². The molecule has 2 unspecified atom stereocenters. The predicted octanol–water partition coefficient (Wildman–Crippen LogP) is 1.43. The average molecular weight is 213 g/mol. The second-order valence-corrected chi connectivity index (χ2v) is 7.11. The molecular weight excluding hydrogens is 198 g/mol. The highest BCUT2D eigenvalue weighted by atomic mass is 32.2. The van der Waals surface area contributed by atoms with E-state index in [9.17, 15) is 4.21 Å². The Hall–Kier alpha value is 0.0700. The molecular formula is C10H15NO2S. The Morgan fingerprint density at radius 1 is 1.50 bits per heavy atom. The Kier molecular flexibility index (Phi) is 1.09. The van der Waals surface area contributed by atoms with Crippen LogP contribution < -0.4 is 0 Å². The normalized spacial score (nSPS) is 66.6. The second-order valence-electron chi connectivity index (χ2n) is 5.84. The zero-order chi connectivity index (χ0) is 9.77. The van der Waals surface area contributed by atoms with Gasteiger partial charge in [0, 0.05) is 5.41 Å². The molecule has 2 aliphatic carbocycles. The van der Waals surface area contributed by atoms with Crippen molar-refractivity contribution in [2.75, 3.05) is 5.75 Å². The fourth-order valence-electron chi connectivity index (χ4n) is 4.42. The predicted molar refractivity (Wildman–Crippen MR) is 52.2 cm³/mol. The number of nitrogens with zero attached hydrogens (tertiary/aromatic N) is 1. The molecule has 2 saturated carbocycles. The summed E-state index contributed by atoms with van der Waals surface area (Å²) in [6.07, 6.45) is 3.64. The van der Waals surface area contributed by atoms with E-state index in [2.05, 4.69) is 13.8 Å². The van der Waals surface area contributed by atoms with Crippen LogP contribution in [0.1, 0.15) is 33.1 Å². The van der Waals surface area contributed by atoms with E-state index in [1.54, 1.807) is 4.47 Å². The minimum Gasteiger partial charge on any atom is -0.257 e. The zero-order valence-electron chi connectivity index (χ0n) is 8.58. The van der Waals surface area contributed by atoms with Crippen molar-refractivity contribution in [2.45, 2.75) is 38.8 Å². The number of hydroxylamine groups is 1. The average Bonchev–Trinajstić information content (AvgIpc) is 2.66. The standard InChI is InChI=1S/C10H15NO2S/c1-8(2)7-3-4-9(8)6-14(12)11-10(9,5-7)13-11/h7H,3-6H2,1-2H3/t7-,9+,10+,11?,14?/m1/s1. The van der Waals surface area contributed by atoms with Gasteiger partial charge >= 0.3 is 0 Å². The van der Waals surface area contributed by atoms with Gasteiger partial charge in [0.1, 0.15) is 11.0 Å². The van der Waals surface area contributed by atoms with Crippen LogP contribution in [-0.2, 0) is 15.8 Å². The van der Waals surface area contributed by atoms with E-state index < -0.39 is 11.0 Å². The molecule has 0 amide bonds. The quantitative estimate of drug-likeness (QED) is 0.570. The topological polar surface area (TPSA) is 32.6 Å². The van der Waals surface area contributed by atoms with Crippen LogP contribution in [0.5, 0.6) is 0 Å². The maximum absolute atomic E-state index is 11.8. The van der Waals surface area contributed by atoms with Crippen molar-refractivity contribution in [3.05, 3.63) is 0 Å². The molecule has 4 fully saturated rings. The molecule has 4 aliphatic rings. The van der Waals surface area contributed by atoms with Crippen molar-refractivity contribution in [1.29, 1.82) is 0 Å². The van der Waals surface area contributed by atoms with Crippen LogP contribution in [0, 0.1) is 16.7 Å². The van der Waals surface area contributed by atoms with Crippen molar-refractivity contribution in [3.8, 4) is 0 Å². The molecule has 78 valence electrons. The van der Waals surface area contributed by atoms with Crippen LogP contribution in [0.15, 0.2) is 0 Å². The molecule has 0 aromatic carbocycles. The van der Waals surface area contributed by atoms with E-state index in [-0.39, 0.29) is 11.1 Å². The van der Waals surface area contributed by atoms with E-state index in [4.69, 9.17) is 4.84 Å². The van der Waals surface area contributed by atoms with Gasteiger partial charge in [-0.15, -0.1) is 0 Å². The number of hydrogen-bond acceptors (Lipinski definition) is 2. The molecule has 0 aromatic rings. The van der Waals surface area contributed by atoms with Crippen molar-refractivity contribution in [3.63, 3.8) is 0 Å². The van der Waals surface area contributed by atoms with Crippen LogP contribution >= 0.6 is 0 Å². The summed E-state index contributed by atoms with van der Waals surface area (Å²) in [7, 11) is -0.860. The third-order valence-electron chi connectivity index (χ3n) is 5.50. The Bertz CT molecular complexity index is 369. The highest BCUT2D eigenvalue weighted by molar-refractivity contribution is 7.83. The van der Waals surface area contributed by atoms with Crippen molar-refractivity contribution in [2.24, 2.45) is 16.7 Å². The Balaban J connectivity index is 1.95. The van der Waals surface area contributed by atoms with Gasteiger partial charge in [0.25, 0.3) is 0 Å². The highest BCUT2D eigenvalue weighted by Crippen LogP contribution is 2.79. The minimum atomic E-state index is -0.860. The lowest BCUT2D eigenvalue weighted by molar-refractivity contribution is 0.0737. The Labute approximate surface area is 86.3 Å². The van der Waals surface area contributed by atoms with Crippen LogP contribution in [0.2, 0.25) is 0 Å². The van der Waals surface area contributed by atoms with Gasteiger partial charge in [0.05, 0.1) is 5.75 Å². The van der Waals surface area contributed by atoms with Gasteiger partial charge in [-0.2, -0.15) is 0 Å². The number of hydrogen-bond donors (Lipinski definition) is 0. The lowest BCUT2D eigenvalue weighted by Gasteiger charge is -2.36. The first-order chi connectivity index (χ1) is 6.54. The SMILES string of the molecule is CC1(C)[C@@H]2CC[C@]13CS(=O)N1O[C@]13C2. The summed E-state index contributed by atoms with van der Waals surface area (Å²) in [5.41, 5.74) is 0.438. The van der Waals surface area contributed by atoms with Gasteiger partial charge < -0.3 is 0 Å². The molecule has 4 rings (SSSR count). The fourth-order valence-corrected chi connectivity index (χ4v) is 6.48. The second kappa shape index (κ2) is 1.85. The summed E-state index contributed by atoms with van der Waals surface area (Å²) in [5.74, 6) is 1.63. The first kappa shape index (κ1) is 8.25. The zero-order valence-corrected chi connectivity index (χ0v) is 9.39. The van der Waals surface area contributed by atoms with E-state index >= 15 is 0 Å². The maximum atomic E-state index is 11.8. The molecule has 0 N–H and O–H groups in total. The molecule has 0 aromatic heterocycles. The van der Waals surface area contributed by atoms with E-state index in [1.165, 1.54) is 12.8 Å². The molecule has 4 heteroatoms. The van der Waals surface area contributed by atoms with E-state index in [1.807, 2.05) is 0 Å². The molecule has 2 aliphatic heterocycles. The van der Waals surface area contributed by atoms with Gasteiger partial charge in [-0.25, -0.2) is 4.21 Å². The molecule has 2 bridgehead atoms. The van der Waals surface area contributed by atoms with Crippen LogP contribution in [0.3, 0.4) is 0 Å². The lowest BCUT2D eigenvalue weighted by atomic mass is 9.68. The molecule has 2 spiro atoms. The van der Waals surface area contributed by atoms with Gasteiger partial charge in [-0.1, -0.05) is 18.3 Å². The fraction of sp³-hybridized carbons (Fsp3) is 1.00. The minimum absolute atomic E-state index is 0.0930. The van der Waals surface area contributed by atoms with E-state index in [0.29, 0.717) is 5.41 Å². The summed E-state index contributed by atoms with van der Waals surface area (Å²) in [6, 6.07) is 0. The van der Waals surface area contributed by atoms with Crippen LogP contribution in [-0.4, -0.2) is 20.2 Å². The Morgan fingerprint density at radius 3 is 2.86 bits per heavy atom. The third kappa shape index (κ3) is 0.525. The summed E-state index contributed by atoms with van der Waals surface area (Å²) in [4.78, 5) is 5.67. The monoisotopic (exact) mass is 213 g/mol. The van der Waals surface area contributed by atoms with Crippen LogP contribution in [0.4, 0.5) is 0 Å². The molecule has 14 heavy (non-hydrogen) atoms. The van der Waals surface area contributed by atoms with Crippen molar-refractivity contribution >= 4 is 11.0 Å². The molecule has 3 nitrogen and oxygen atoms in total. The summed E-state index contributed by atoms with van der Waals surface area (Å²) >= 11 is 0. The Morgan fingerprint density at radius 2 is 2.29 bits per heavy atom. The van der Waals surface area contributed by atoms with Gasteiger partial charge in [0.15, 0.2) is 5.72 Å². The number of rotatable bonds is 0. The van der Waals surface area contributed by atoms with Crippen LogP contribution in [0.25, 0.3) is 0 Å². The molecule has 2 saturated heterocycles. The summed E-state index contributed by atoms with van der Waals surface area (Å²) in [6.45, 7) is 4.70. The lowest BCUT2D eigenvalue weighted by Crippen LogP contribution is -2.41. The third-order valence-corrected chi connectivity index (χ3v) is 6.97. The van der Waals surface area contributed by atoms with Gasteiger partial charge in [0.2, 0.25) is 0 Å². The summed E-state index contributed by atoms with van der Waals surface area (Å²) < 4.78 is 13.6. The molecule has 5 atom stereocenters. The van der Waals surface area contributed by atoms with E-state index in [0.717, 1.165) is 18.1 Å². The highest BCUT2D eigenvalue weighted by Gasteiger charge is 2.86. The van der Waals surface area contributed by atoms with Crippen molar-refractivity contribution in [1.82, 2.24) is 4.47 Å². The first-order valence-corrected chi connectivity index (χ1v) is 6.69. The van der Waals surface area contributed by atoms with Gasteiger partial charge in [-0.05, 0) is 30.6 Å². The summed E-state index contributed by atoms with van der Waals surface area (Å²) in [5, 5.41) is 0. The largest absolute Gasteiger partial charge is 0.257 e. The number of fused-ring (bicyclic) bond motifs is 1. The smallest absolute Gasteiger partial charge is 0.186 e. The maximum Gasteiger partial charge on any atom is 0.186 e. The molecule has 0 radical (unpaired) electrons.